The van der Waals surface area contributed by atoms with E-state index in [0.29, 0.717) is 23.3 Å². The normalized spacial score (nSPS) is 37.7. The molecule has 0 aromatic rings. The average Bonchev–Trinajstić information content (AvgIpc) is 3.03. The van der Waals surface area contributed by atoms with Crippen molar-refractivity contribution in [2.24, 2.45) is 34.8 Å². The Labute approximate surface area is 185 Å². The maximum absolute atomic E-state index is 10.3. The molecule has 2 unspecified atom stereocenters. The molecule has 3 rings (SSSR count). The smallest absolute Gasteiger partial charge is 0.0651 e. The summed E-state index contributed by atoms with van der Waals surface area (Å²) in [6.07, 6.45) is 19.0. The molecule has 0 aromatic carbocycles. The van der Waals surface area contributed by atoms with E-state index in [2.05, 4.69) is 51.7 Å². The van der Waals surface area contributed by atoms with Crippen molar-refractivity contribution in [3.63, 3.8) is 0 Å². The van der Waals surface area contributed by atoms with Gasteiger partial charge in [-0.15, -0.1) is 0 Å². The SMILES string of the molecule is C=C1CC[C@H](N)C/C1=C/C=C1\CCC[C@@]2(C)C1CC[C@@H]2[C@H](C)/C=C/C(C)C(C)(C)O. The Hall–Kier alpha value is -1.12. The van der Waals surface area contributed by atoms with E-state index in [1.807, 2.05) is 13.8 Å². The van der Waals surface area contributed by atoms with Gasteiger partial charge in [-0.3, -0.25) is 0 Å². The summed E-state index contributed by atoms with van der Waals surface area (Å²) in [6.45, 7) is 15.1. The van der Waals surface area contributed by atoms with E-state index >= 15 is 0 Å². The second-order valence-corrected chi connectivity index (χ2v) is 11.3. The van der Waals surface area contributed by atoms with Gasteiger partial charge in [0.25, 0.3) is 0 Å². The van der Waals surface area contributed by atoms with E-state index in [0.717, 1.165) is 25.2 Å². The quantitative estimate of drug-likeness (QED) is 0.493. The molecule has 0 aliphatic heterocycles. The predicted molar refractivity (Wildman–Crippen MR) is 129 cm³/mol. The summed E-state index contributed by atoms with van der Waals surface area (Å²) >= 11 is 0. The molecule has 3 fully saturated rings. The first kappa shape index (κ1) is 23.5. The minimum Gasteiger partial charge on any atom is -0.390 e. The van der Waals surface area contributed by atoms with Gasteiger partial charge in [0.15, 0.2) is 0 Å². The Morgan fingerprint density at radius 1 is 1.13 bits per heavy atom. The van der Waals surface area contributed by atoms with Gasteiger partial charge in [-0.1, -0.05) is 62.8 Å². The number of nitrogens with two attached hydrogens (primary N) is 1. The lowest BCUT2D eigenvalue weighted by atomic mass is 9.61. The van der Waals surface area contributed by atoms with Gasteiger partial charge in [0.05, 0.1) is 5.60 Å². The van der Waals surface area contributed by atoms with Crippen LogP contribution in [-0.2, 0) is 0 Å². The van der Waals surface area contributed by atoms with Gasteiger partial charge in [-0.25, -0.2) is 0 Å². The largest absolute Gasteiger partial charge is 0.390 e. The Bertz CT molecular complexity index is 721. The van der Waals surface area contributed by atoms with Crippen molar-refractivity contribution < 1.29 is 5.11 Å². The number of hydrogen-bond acceptors (Lipinski definition) is 2. The molecular weight excluding hydrogens is 366 g/mol. The first-order valence-corrected chi connectivity index (χ1v) is 12.3. The molecule has 0 bridgehead atoms. The van der Waals surface area contributed by atoms with Crippen LogP contribution >= 0.6 is 0 Å². The lowest BCUT2D eigenvalue weighted by molar-refractivity contribution is 0.0436. The van der Waals surface area contributed by atoms with E-state index in [1.165, 1.54) is 43.3 Å². The van der Waals surface area contributed by atoms with E-state index in [1.54, 1.807) is 5.57 Å². The standard InChI is InChI=1S/C28H45NO/c1-19-10-14-24(29)18-23(19)13-12-22-8-7-17-28(6)25(15-16-26(22)28)20(2)9-11-21(3)27(4,5)30/h9,11-13,20-21,24-26,30H,1,7-8,10,14-18,29H2,2-6H3/b11-9+,22-12+,23-13-/t20-,21?,24+,25-,26?,28-/m1/s1. The molecule has 0 saturated heterocycles. The van der Waals surface area contributed by atoms with Crippen molar-refractivity contribution in [2.75, 3.05) is 0 Å². The lowest BCUT2D eigenvalue weighted by Crippen LogP contribution is -2.35. The zero-order valence-corrected chi connectivity index (χ0v) is 20.1. The van der Waals surface area contributed by atoms with E-state index in [4.69, 9.17) is 5.73 Å². The summed E-state index contributed by atoms with van der Waals surface area (Å²) in [5.41, 5.74) is 10.3. The zero-order valence-electron chi connectivity index (χ0n) is 20.1. The van der Waals surface area contributed by atoms with E-state index in [-0.39, 0.29) is 5.92 Å². The summed E-state index contributed by atoms with van der Waals surface area (Å²) in [5, 5.41) is 10.3. The summed E-state index contributed by atoms with van der Waals surface area (Å²) in [4.78, 5) is 0. The molecule has 2 nitrogen and oxygen atoms in total. The molecule has 0 radical (unpaired) electrons. The van der Waals surface area contributed by atoms with Gasteiger partial charge in [0, 0.05) is 12.0 Å². The van der Waals surface area contributed by atoms with Crippen molar-refractivity contribution in [1.29, 1.82) is 0 Å². The summed E-state index contributed by atoms with van der Waals surface area (Å²) in [6, 6.07) is 0.298. The van der Waals surface area contributed by atoms with Crippen LogP contribution in [0.25, 0.3) is 0 Å². The van der Waals surface area contributed by atoms with E-state index < -0.39 is 5.60 Å². The molecule has 0 heterocycles. The third-order valence-electron chi connectivity index (χ3n) is 8.74. The van der Waals surface area contributed by atoms with Crippen molar-refractivity contribution in [2.45, 2.75) is 97.6 Å². The molecule has 3 aliphatic carbocycles. The molecule has 168 valence electrons. The third-order valence-corrected chi connectivity index (χ3v) is 8.74. The van der Waals surface area contributed by atoms with Crippen molar-refractivity contribution in [3.8, 4) is 0 Å². The van der Waals surface area contributed by atoms with Gasteiger partial charge in [-0.05, 0) is 94.0 Å². The summed E-state index contributed by atoms with van der Waals surface area (Å²) < 4.78 is 0. The van der Waals surface area contributed by atoms with Gasteiger partial charge >= 0.3 is 0 Å². The van der Waals surface area contributed by atoms with Crippen LogP contribution in [0.4, 0.5) is 0 Å². The average molecular weight is 412 g/mol. The number of fused-ring (bicyclic) bond motifs is 1. The highest BCUT2D eigenvalue weighted by molar-refractivity contribution is 5.36. The van der Waals surface area contributed by atoms with Gasteiger partial charge in [0.1, 0.15) is 0 Å². The van der Waals surface area contributed by atoms with Gasteiger partial charge in [0.2, 0.25) is 0 Å². The monoisotopic (exact) mass is 411 g/mol. The molecule has 6 atom stereocenters. The van der Waals surface area contributed by atoms with Gasteiger partial charge < -0.3 is 10.8 Å². The number of allylic oxidation sites excluding steroid dienone is 5. The number of aliphatic hydroxyl groups is 1. The fraction of sp³-hybridized carbons (Fsp3) is 0.714. The molecular formula is C28H45NO. The number of rotatable bonds is 5. The zero-order chi connectivity index (χ0) is 22.1. The van der Waals surface area contributed by atoms with Crippen molar-refractivity contribution in [3.05, 3.63) is 47.6 Å². The molecule has 30 heavy (non-hydrogen) atoms. The molecule has 3 saturated carbocycles. The second-order valence-electron chi connectivity index (χ2n) is 11.3. The molecule has 0 amide bonds. The first-order valence-electron chi connectivity index (χ1n) is 12.3. The second kappa shape index (κ2) is 9.17. The van der Waals surface area contributed by atoms with Crippen LogP contribution in [0.1, 0.15) is 86.0 Å². The Kier molecular flexibility index (Phi) is 7.19. The van der Waals surface area contributed by atoms with Gasteiger partial charge in [-0.2, -0.15) is 0 Å². The molecule has 3 N–H and O–H groups in total. The Balaban J connectivity index is 1.75. The third kappa shape index (κ3) is 5.02. The Morgan fingerprint density at radius 2 is 1.87 bits per heavy atom. The Morgan fingerprint density at radius 3 is 2.57 bits per heavy atom. The van der Waals surface area contributed by atoms with Crippen LogP contribution in [0.3, 0.4) is 0 Å². The van der Waals surface area contributed by atoms with E-state index in [9.17, 15) is 5.11 Å². The van der Waals surface area contributed by atoms with Crippen molar-refractivity contribution in [1.82, 2.24) is 0 Å². The van der Waals surface area contributed by atoms with Crippen LogP contribution in [0, 0.1) is 29.1 Å². The molecule has 2 heteroatoms. The summed E-state index contributed by atoms with van der Waals surface area (Å²) in [7, 11) is 0. The highest BCUT2D eigenvalue weighted by Crippen LogP contribution is 2.59. The topological polar surface area (TPSA) is 46.2 Å². The minimum atomic E-state index is -0.655. The maximum atomic E-state index is 10.3. The number of hydrogen-bond donors (Lipinski definition) is 2. The highest BCUT2D eigenvalue weighted by Gasteiger charge is 2.50. The van der Waals surface area contributed by atoms with Crippen molar-refractivity contribution >= 4 is 0 Å². The molecule has 0 aromatic heterocycles. The van der Waals surface area contributed by atoms with Crippen LogP contribution in [0.2, 0.25) is 0 Å². The van der Waals surface area contributed by atoms with Crippen LogP contribution in [0.5, 0.6) is 0 Å². The fourth-order valence-electron chi connectivity index (χ4n) is 6.30. The lowest BCUT2D eigenvalue weighted by Gasteiger charge is -2.44. The van der Waals surface area contributed by atoms with Crippen LogP contribution < -0.4 is 5.73 Å². The maximum Gasteiger partial charge on any atom is 0.0651 e. The van der Waals surface area contributed by atoms with Crippen LogP contribution in [-0.4, -0.2) is 16.7 Å². The first-order chi connectivity index (χ1) is 14.0. The fourth-order valence-corrected chi connectivity index (χ4v) is 6.30. The predicted octanol–water partition coefficient (Wildman–Crippen LogP) is 6.72. The van der Waals surface area contributed by atoms with Crippen LogP contribution in [0.15, 0.2) is 47.6 Å². The highest BCUT2D eigenvalue weighted by atomic mass is 16.3. The summed E-state index contributed by atoms with van der Waals surface area (Å²) in [5.74, 6) is 2.16. The minimum absolute atomic E-state index is 0.174. The molecule has 0 spiro atoms. The molecule has 3 aliphatic rings.